The molecule has 2 rings (SSSR count). The monoisotopic (exact) mass is 228 g/mol. The molecule has 15 heavy (non-hydrogen) atoms. The van der Waals surface area contributed by atoms with Crippen molar-refractivity contribution < 1.29 is 4.79 Å². The van der Waals surface area contributed by atoms with E-state index in [1.165, 1.54) is 0 Å². The molecular formula is C11H20N2OS. The average Bonchev–Trinajstić information content (AvgIpc) is 2.27. The van der Waals surface area contributed by atoms with Crippen LogP contribution in [0.4, 0.5) is 0 Å². The maximum Gasteiger partial charge on any atom is 0.240 e. The van der Waals surface area contributed by atoms with E-state index in [0.717, 1.165) is 18.6 Å². The summed E-state index contributed by atoms with van der Waals surface area (Å²) in [7, 11) is 0. The highest BCUT2D eigenvalue weighted by Gasteiger charge is 2.48. The second kappa shape index (κ2) is 3.67. The molecule has 3 nitrogen and oxygen atoms in total. The third-order valence-corrected chi connectivity index (χ3v) is 5.12. The molecule has 3 atom stereocenters. The zero-order chi connectivity index (χ0) is 11.2. The van der Waals surface area contributed by atoms with Gasteiger partial charge in [-0.2, -0.15) is 0 Å². The number of amides is 1. The molecule has 0 aromatic rings. The molecule has 4 heteroatoms. The number of fused-ring (bicyclic) bond motifs is 1. The van der Waals surface area contributed by atoms with Crippen molar-refractivity contribution in [3.63, 3.8) is 0 Å². The molecule has 86 valence electrons. The van der Waals surface area contributed by atoms with Crippen molar-refractivity contribution in [1.82, 2.24) is 4.90 Å². The molecule has 1 amide bonds. The molecule has 2 aliphatic rings. The van der Waals surface area contributed by atoms with Crippen LogP contribution < -0.4 is 5.73 Å². The number of carbonyl (C=O) groups is 1. The first-order chi connectivity index (χ1) is 6.93. The van der Waals surface area contributed by atoms with Crippen molar-refractivity contribution in [2.45, 2.75) is 51.1 Å². The van der Waals surface area contributed by atoms with Gasteiger partial charge in [-0.05, 0) is 30.9 Å². The van der Waals surface area contributed by atoms with Crippen LogP contribution in [0.25, 0.3) is 0 Å². The van der Waals surface area contributed by atoms with Crippen LogP contribution in [0.1, 0.15) is 33.6 Å². The first kappa shape index (κ1) is 11.3. The van der Waals surface area contributed by atoms with Crippen LogP contribution in [0.5, 0.6) is 0 Å². The minimum atomic E-state index is -0.279. The van der Waals surface area contributed by atoms with Crippen molar-refractivity contribution >= 4 is 17.7 Å². The molecular weight excluding hydrogens is 208 g/mol. The lowest BCUT2D eigenvalue weighted by Crippen LogP contribution is -2.48. The number of nitrogens with two attached hydrogens (primary N) is 1. The first-order valence-corrected chi connectivity index (χ1v) is 6.68. The van der Waals surface area contributed by atoms with Crippen molar-refractivity contribution in [1.29, 1.82) is 0 Å². The van der Waals surface area contributed by atoms with Gasteiger partial charge in [0.15, 0.2) is 0 Å². The standard InChI is InChI=1S/C11H20N2OS/c1-7-11(2,3)6-9-13(7)10(14)8(12)4-5-15-9/h7-9H,4-6,12H2,1-3H3. The van der Waals surface area contributed by atoms with Crippen molar-refractivity contribution in [3.05, 3.63) is 0 Å². The smallest absolute Gasteiger partial charge is 0.240 e. The maximum atomic E-state index is 12.1. The van der Waals surface area contributed by atoms with E-state index >= 15 is 0 Å². The Labute approximate surface area is 95.8 Å². The highest BCUT2D eigenvalue weighted by Crippen LogP contribution is 2.45. The summed E-state index contributed by atoms with van der Waals surface area (Å²) in [6, 6.07) is 0.0329. The Bertz CT molecular complexity index is 280. The third kappa shape index (κ3) is 1.78. The van der Waals surface area contributed by atoms with Gasteiger partial charge in [-0.3, -0.25) is 4.79 Å². The number of hydrogen-bond donors (Lipinski definition) is 1. The average molecular weight is 228 g/mol. The maximum absolute atomic E-state index is 12.1. The summed E-state index contributed by atoms with van der Waals surface area (Å²) in [6.45, 7) is 6.63. The van der Waals surface area contributed by atoms with E-state index < -0.39 is 0 Å². The van der Waals surface area contributed by atoms with Gasteiger partial charge in [0.2, 0.25) is 5.91 Å². The minimum Gasteiger partial charge on any atom is -0.326 e. The Hall–Kier alpha value is -0.220. The summed E-state index contributed by atoms with van der Waals surface area (Å²) < 4.78 is 0. The lowest BCUT2D eigenvalue weighted by atomic mass is 9.86. The number of thioether (sulfide) groups is 1. The van der Waals surface area contributed by atoms with Gasteiger partial charge in [0.1, 0.15) is 0 Å². The summed E-state index contributed by atoms with van der Waals surface area (Å²) in [5.74, 6) is 1.17. The van der Waals surface area contributed by atoms with Gasteiger partial charge in [-0.1, -0.05) is 13.8 Å². The predicted octanol–water partition coefficient (Wildman–Crippen LogP) is 1.42. The van der Waals surface area contributed by atoms with Crippen LogP contribution in [-0.4, -0.2) is 34.0 Å². The molecule has 0 aromatic carbocycles. The molecule has 0 aromatic heterocycles. The quantitative estimate of drug-likeness (QED) is 0.682. The molecule has 2 heterocycles. The largest absolute Gasteiger partial charge is 0.326 e. The molecule has 0 spiro atoms. The number of nitrogens with zero attached hydrogens (tertiary/aromatic N) is 1. The van der Waals surface area contributed by atoms with E-state index in [2.05, 4.69) is 20.8 Å². The Balaban J connectivity index is 2.26. The Kier molecular flexibility index (Phi) is 2.75. The Morgan fingerprint density at radius 2 is 2.20 bits per heavy atom. The normalized spacial score (nSPS) is 40.1. The first-order valence-electron chi connectivity index (χ1n) is 5.63. The van der Waals surface area contributed by atoms with Crippen LogP contribution in [-0.2, 0) is 4.79 Å². The lowest BCUT2D eigenvalue weighted by Gasteiger charge is -2.31. The topological polar surface area (TPSA) is 46.3 Å². The van der Waals surface area contributed by atoms with Gasteiger partial charge in [0.05, 0.1) is 11.4 Å². The summed E-state index contributed by atoms with van der Waals surface area (Å²) in [5, 5.41) is 0.357. The Morgan fingerprint density at radius 3 is 2.87 bits per heavy atom. The van der Waals surface area contributed by atoms with Crippen molar-refractivity contribution in [2.75, 3.05) is 5.75 Å². The number of rotatable bonds is 0. The lowest BCUT2D eigenvalue weighted by molar-refractivity contribution is -0.134. The fraction of sp³-hybridized carbons (Fsp3) is 0.909. The number of carbonyl (C=O) groups excluding carboxylic acids is 1. The second-order valence-electron chi connectivity index (χ2n) is 5.33. The predicted molar refractivity (Wildman–Crippen MR) is 63.5 cm³/mol. The van der Waals surface area contributed by atoms with Gasteiger partial charge in [0, 0.05) is 6.04 Å². The molecule has 2 saturated heterocycles. The molecule has 0 aliphatic carbocycles. The highest BCUT2D eigenvalue weighted by molar-refractivity contribution is 7.99. The van der Waals surface area contributed by atoms with Crippen LogP contribution in [0.15, 0.2) is 0 Å². The minimum absolute atomic E-state index is 0.156. The fourth-order valence-electron chi connectivity index (χ4n) is 2.46. The molecule has 2 fully saturated rings. The third-order valence-electron chi connectivity index (χ3n) is 3.87. The fourth-order valence-corrected chi connectivity index (χ4v) is 4.12. The van der Waals surface area contributed by atoms with Gasteiger partial charge in [-0.25, -0.2) is 0 Å². The Morgan fingerprint density at radius 1 is 1.53 bits per heavy atom. The zero-order valence-electron chi connectivity index (χ0n) is 9.69. The van der Waals surface area contributed by atoms with Crippen LogP contribution >= 0.6 is 11.8 Å². The van der Waals surface area contributed by atoms with E-state index in [-0.39, 0.29) is 17.4 Å². The van der Waals surface area contributed by atoms with Gasteiger partial charge in [0.25, 0.3) is 0 Å². The van der Waals surface area contributed by atoms with Crippen molar-refractivity contribution in [2.24, 2.45) is 11.1 Å². The van der Waals surface area contributed by atoms with E-state index in [9.17, 15) is 4.79 Å². The van der Waals surface area contributed by atoms with Crippen LogP contribution in [0, 0.1) is 5.41 Å². The molecule has 0 radical (unpaired) electrons. The van der Waals surface area contributed by atoms with Crippen molar-refractivity contribution in [3.8, 4) is 0 Å². The van der Waals surface area contributed by atoms with E-state index in [4.69, 9.17) is 5.73 Å². The number of hydrogen-bond acceptors (Lipinski definition) is 3. The van der Waals surface area contributed by atoms with E-state index in [1.54, 1.807) is 0 Å². The summed E-state index contributed by atoms with van der Waals surface area (Å²) in [6.07, 6.45) is 1.92. The van der Waals surface area contributed by atoms with E-state index in [0.29, 0.717) is 11.4 Å². The molecule has 3 unspecified atom stereocenters. The molecule has 0 bridgehead atoms. The van der Waals surface area contributed by atoms with Gasteiger partial charge >= 0.3 is 0 Å². The SMILES string of the molecule is CC1N2C(=O)C(N)CCSC2CC1(C)C. The highest BCUT2D eigenvalue weighted by atomic mass is 32.2. The summed E-state index contributed by atoms with van der Waals surface area (Å²) in [5.41, 5.74) is 6.11. The summed E-state index contributed by atoms with van der Waals surface area (Å²) in [4.78, 5) is 14.1. The van der Waals surface area contributed by atoms with Gasteiger partial charge in [-0.15, -0.1) is 11.8 Å². The van der Waals surface area contributed by atoms with Crippen LogP contribution in [0.3, 0.4) is 0 Å². The van der Waals surface area contributed by atoms with Crippen LogP contribution in [0.2, 0.25) is 0 Å². The summed E-state index contributed by atoms with van der Waals surface area (Å²) >= 11 is 1.89. The molecule has 0 saturated carbocycles. The molecule has 2 aliphatic heterocycles. The second-order valence-corrected chi connectivity index (χ2v) is 6.62. The van der Waals surface area contributed by atoms with E-state index in [1.807, 2.05) is 16.7 Å². The zero-order valence-corrected chi connectivity index (χ0v) is 10.5. The molecule has 2 N–H and O–H groups in total. The van der Waals surface area contributed by atoms with Gasteiger partial charge < -0.3 is 10.6 Å².